The molecule has 1 fully saturated rings. The van der Waals surface area contributed by atoms with Crippen LogP contribution in [0.4, 0.5) is 4.39 Å². The highest BCUT2D eigenvalue weighted by molar-refractivity contribution is 5.42. The van der Waals surface area contributed by atoms with Crippen molar-refractivity contribution in [3.8, 4) is 11.5 Å². The zero-order valence-electron chi connectivity index (χ0n) is 10.3. The molecule has 0 saturated carbocycles. The van der Waals surface area contributed by atoms with E-state index in [0.717, 1.165) is 19.5 Å². The molecule has 1 heterocycles. The van der Waals surface area contributed by atoms with E-state index < -0.39 is 0 Å². The number of hydrogen-bond acceptors (Lipinski definition) is 3. The van der Waals surface area contributed by atoms with Crippen LogP contribution in [0.25, 0.3) is 0 Å². The Morgan fingerprint density at radius 3 is 2.76 bits per heavy atom. The van der Waals surface area contributed by atoms with E-state index in [2.05, 4.69) is 5.32 Å². The molecular weight excluding hydrogens is 221 g/mol. The molecule has 2 rings (SSSR count). The summed E-state index contributed by atoms with van der Waals surface area (Å²) in [5.41, 5.74) is 0.655. The largest absolute Gasteiger partial charge is 0.497 e. The van der Waals surface area contributed by atoms with E-state index in [1.165, 1.54) is 13.2 Å². The minimum atomic E-state index is -0.242. The number of rotatable bonds is 4. The van der Waals surface area contributed by atoms with Gasteiger partial charge in [0.1, 0.15) is 17.3 Å². The Balaban J connectivity index is 2.24. The molecule has 0 aliphatic carbocycles. The van der Waals surface area contributed by atoms with Crippen LogP contribution in [0.1, 0.15) is 12.0 Å². The number of hydrogen-bond donors (Lipinski definition) is 1. The van der Waals surface area contributed by atoms with E-state index in [-0.39, 0.29) is 5.82 Å². The summed E-state index contributed by atoms with van der Waals surface area (Å²) in [5.74, 6) is 1.32. The molecule has 0 aromatic heterocycles. The molecule has 1 unspecified atom stereocenters. The lowest BCUT2D eigenvalue weighted by Gasteiger charge is -2.14. The fraction of sp³-hybridized carbons (Fsp3) is 0.538. The Morgan fingerprint density at radius 1 is 1.35 bits per heavy atom. The van der Waals surface area contributed by atoms with Crippen molar-refractivity contribution in [1.82, 2.24) is 5.32 Å². The van der Waals surface area contributed by atoms with Crippen LogP contribution in [-0.4, -0.2) is 27.3 Å². The molecule has 1 aromatic rings. The van der Waals surface area contributed by atoms with Crippen LogP contribution < -0.4 is 14.8 Å². The minimum Gasteiger partial charge on any atom is -0.497 e. The maximum Gasteiger partial charge on any atom is 0.133 e. The number of ether oxygens (including phenoxy) is 2. The van der Waals surface area contributed by atoms with E-state index >= 15 is 0 Å². The maximum absolute atomic E-state index is 14.0. The molecule has 1 atom stereocenters. The zero-order chi connectivity index (χ0) is 12.3. The van der Waals surface area contributed by atoms with Gasteiger partial charge in [-0.15, -0.1) is 0 Å². The van der Waals surface area contributed by atoms with Crippen molar-refractivity contribution in [1.29, 1.82) is 0 Å². The lowest BCUT2D eigenvalue weighted by Crippen LogP contribution is -2.12. The lowest BCUT2D eigenvalue weighted by molar-refractivity contribution is 0.380. The highest BCUT2D eigenvalue weighted by Gasteiger charge is 2.20. The third-order valence-electron chi connectivity index (χ3n) is 3.24. The second kappa shape index (κ2) is 5.36. The topological polar surface area (TPSA) is 30.5 Å². The van der Waals surface area contributed by atoms with Gasteiger partial charge in [-0.05, 0) is 31.8 Å². The van der Waals surface area contributed by atoms with Gasteiger partial charge in [-0.3, -0.25) is 0 Å². The van der Waals surface area contributed by atoms with Crippen molar-refractivity contribution < 1.29 is 13.9 Å². The van der Waals surface area contributed by atoms with Crippen molar-refractivity contribution in [2.24, 2.45) is 5.92 Å². The van der Waals surface area contributed by atoms with Gasteiger partial charge in [0.15, 0.2) is 0 Å². The van der Waals surface area contributed by atoms with Crippen LogP contribution in [0.5, 0.6) is 11.5 Å². The minimum absolute atomic E-state index is 0.242. The van der Waals surface area contributed by atoms with Gasteiger partial charge >= 0.3 is 0 Å². The summed E-state index contributed by atoms with van der Waals surface area (Å²) in [6, 6.07) is 3.15. The molecule has 4 heteroatoms. The summed E-state index contributed by atoms with van der Waals surface area (Å²) in [6.07, 6.45) is 1.81. The van der Waals surface area contributed by atoms with Gasteiger partial charge in [0, 0.05) is 17.7 Å². The molecule has 3 nitrogen and oxygen atoms in total. The Morgan fingerprint density at radius 2 is 2.18 bits per heavy atom. The van der Waals surface area contributed by atoms with Crippen LogP contribution in [0.3, 0.4) is 0 Å². The first-order chi connectivity index (χ1) is 8.24. The van der Waals surface area contributed by atoms with Crippen molar-refractivity contribution in [3.63, 3.8) is 0 Å². The van der Waals surface area contributed by atoms with Gasteiger partial charge in [0.2, 0.25) is 0 Å². The highest BCUT2D eigenvalue weighted by atomic mass is 19.1. The Kier molecular flexibility index (Phi) is 3.84. The highest BCUT2D eigenvalue weighted by Crippen LogP contribution is 2.30. The quantitative estimate of drug-likeness (QED) is 0.871. The second-order valence-electron chi connectivity index (χ2n) is 4.35. The summed E-state index contributed by atoms with van der Waals surface area (Å²) in [7, 11) is 3.08. The van der Waals surface area contributed by atoms with E-state index in [1.54, 1.807) is 13.2 Å². The Bertz CT molecular complexity index is 389. The first-order valence-electron chi connectivity index (χ1n) is 5.85. The molecule has 1 saturated heterocycles. The second-order valence-corrected chi connectivity index (χ2v) is 4.35. The number of methoxy groups -OCH3 is 2. The molecule has 0 spiro atoms. The fourth-order valence-corrected chi connectivity index (χ4v) is 2.26. The Hall–Kier alpha value is -1.29. The summed E-state index contributed by atoms with van der Waals surface area (Å²) in [4.78, 5) is 0. The van der Waals surface area contributed by atoms with Crippen LogP contribution in [0, 0.1) is 11.7 Å². The molecule has 17 heavy (non-hydrogen) atoms. The zero-order valence-corrected chi connectivity index (χ0v) is 10.3. The van der Waals surface area contributed by atoms with Gasteiger partial charge in [-0.1, -0.05) is 0 Å². The summed E-state index contributed by atoms with van der Waals surface area (Å²) < 4.78 is 24.2. The number of halogens is 1. The van der Waals surface area contributed by atoms with Gasteiger partial charge < -0.3 is 14.8 Å². The molecule has 94 valence electrons. The van der Waals surface area contributed by atoms with E-state index in [0.29, 0.717) is 29.4 Å². The van der Waals surface area contributed by atoms with Crippen LogP contribution >= 0.6 is 0 Å². The molecule has 0 amide bonds. The number of nitrogens with one attached hydrogen (secondary N) is 1. The molecule has 1 aliphatic heterocycles. The van der Waals surface area contributed by atoms with Crippen LogP contribution in [-0.2, 0) is 6.42 Å². The van der Waals surface area contributed by atoms with Crippen LogP contribution in [0.15, 0.2) is 12.1 Å². The van der Waals surface area contributed by atoms with Gasteiger partial charge in [-0.25, -0.2) is 4.39 Å². The third kappa shape index (κ3) is 2.69. The van der Waals surface area contributed by atoms with E-state index in [9.17, 15) is 4.39 Å². The summed E-state index contributed by atoms with van der Waals surface area (Å²) in [6.45, 7) is 1.97. The molecule has 1 aliphatic rings. The SMILES string of the molecule is COc1cc(F)c(CC2CCNC2)c(OC)c1. The van der Waals surface area contributed by atoms with Crippen molar-refractivity contribution in [2.45, 2.75) is 12.8 Å². The lowest BCUT2D eigenvalue weighted by atomic mass is 9.97. The predicted molar refractivity (Wildman–Crippen MR) is 64.2 cm³/mol. The van der Waals surface area contributed by atoms with Crippen molar-refractivity contribution in [2.75, 3.05) is 27.3 Å². The average Bonchev–Trinajstić information content (AvgIpc) is 2.84. The first kappa shape index (κ1) is 12.2. The smallest absolute Gasteiger partial charge is 0.133 e. The normalized spacial score (nSPS) is 19.4. The molecule has 0 bridgehead atoms. The summed E-state index contributed by atoms with van der Waals surface area (Å²) >= 11 is 0. The average molecular weight is 239 g/mol. The first-order valence-corrected chi connectivity index (χ1v) is 5.85. The van der Waals surface area contributed by atoms with Crippen molar-refractivity contribution >= 4 is 0 Å². The monoisotopic (exact) mass is 239 g/mol. The molecule has 1 aromatic carbocycles. The summed E-state index contributed by atoms with van der Waals surface area (Å²) in [5, 5.41) is 3.28. The molecule has 1 N–H and O–H groups in total. The van der Waals surface area contributed by atoms with Gasteiger partial charge in [-0.2, -0.15) is 0 Å². The maximum atomic E-state index is 14.0. The molecule has 0 radical (unpaired) electrons. The van der Waals surface area contributed by atoms with Gasteiger partial charge in [0.25, 0.3) is 0 Å². The third-order valence-corrected chi connectivity index (χ3v) is 3.24. The fourth-order valence-electron chi connectivity index (χ4n) is 2.26. The van der Waals surface area contributed by atoms with Crippen LogP contribution in [0.2, 0.25) is 0 Å². The van der Waals surface area contributed by atoms with Gasteiger partial charge in [0.05, 0.1) is 14.2 Å². The Labute approximate surface area is 101 Å². The van der Waals surface area contributed by atoms with E-state index in [4.69, 9.17) is 9.47 Å². The predicted octanol–water partition coefficient (Wildman–Crippen LogP) is 1.99. The van der Waals surface area contributed by atoms with Crippen molar-refractivity contribution in [3.05, 3.63) is 23.5 Å². The van der Waals surface area contributed by atoms with E-state index in [1.807, 2.05) is 0 Å². The number of benzene rings is 1. The molecular formula is C13H18FNO2. The standard InChI is InChI=1S/C13H18FNO2/c1-16-10-6-12(14)11(13(7-10)17-2)5-9-3-4-15-8-9/h6-7,9,15H,3-5,8H2,1-2H3.